The first-order valence-electron chi connectivity index (χ1n) is 11.2. The summed E-state index contributed by atoms with van der Waals surface area (Å²) in [5, 5.41) is 5.35. The highest BCUT2D eigenvalue weighted by atomic mass is 19.1. The largest absolute Gasteiger partial charge is 0.444 e. The molecular formula is C26H30FN3O4. The predicted octanol–water partition coefficient (Wildman–Crippen LogP) is 5.49. The maximum absolute atomic E-state index is 14.3. The first-order valence-corrected chi connectivity index (χ1v) is 11.2. The quantitative estimate of drug-likeness (QED) is 0.568. The Morgan fingerprint density at radius 2 is 1.91 bits per heavy atom. The van der Waals surface area contributed by atoms with Crippen molar-refractivity contribution in [2.75, 3.05) is 13.1 Å². The number of nitroso groups, excluding NO2 is 1. The second-order valence-corrected chi connectivity index (χ2v) is 9.73. The van der Waals surface area contributed by atoms with Crippen molar-refractivity contribution >= 4 is 17.6 Å². The summed E-state index contributed by atoms with van der Waals surface area (Å²) in [5.41, 5.74) is 3.15. The molecule has 0 saturated heterocycles. The minimum atomic E-state index is -0.876. The summed E-state index contributed by atoms with van der Waals surface area (Å²) >= 11 is 0. The summed E-state index contributed by atoms with van der Waals surface area (Å²) in [4.78, 5) is 37.4. The molecule has 2 aromatic rings. The van der Waals surface area contributed by atoms with Crippen LogP contribution in [0.2, 0.25) is 0 Å². The third-order valence-electron chi connectivity index (χ3n) is 5.24. The van der Waals surface area contributed by atoms with E-state index >= 15 is 0 Å². The zero-order chi connectivity index (χ0) is 25.0. The van der Waals surface area contributed by atoms with Gasteiger partial charge in [-0.2, -0.15) is 0 Å². The third kappa shape index (κ3) is 6.07. The van der Waals surface area contributed by atoms with E-state index in [1.165, 1.54) is 12.1 Å². The molecule has 7 nitrogen and oxygen atoms in total. The van der Waals surface area contributed by atoms with E-state index in [1.807, 2.05) is 0 Å². The van der Waals surface area contributed by atoms with Crippen molar-refractivity contribution in [1.29, 1.82) is 0 Å². The van der Waals surface area contributed by atoms with Gasteiger partial charge in [0.1, 0.15) is 11.4 Å². The second kappa shape index (κ2) is 10.2. The van der Waals surface area contributed by atoms with Crippen LogP contribution in [0.1, 0.15) is 61.7 Å². The average Bonchev–Trinajstić information content (AvgIpc) is 2.74. The van der Waals surface area contributed by atoms with Gasteiger partial charge in [0.2, 0.25) is 0 Å². The summed E-state index contributed by atoms with van der Waals surface area (Å²) in [6.45, 7) is 10.9. The minimum Gasteiger partial charge on any atom is -0.444 e. The van der Waals surface area contributed by atoms with Gasteiger partial charge in [0.05, 0.1) is 6.54 Å². The Labute approximate surface area is 199 Å². The summed E-state index contributed by atoms with van der Waals surface area (Å²) in [6.07, 6.45) is -0.567. The maximum atomic E-state index is 14.3. The minimum absolute atomic E-state index is 0.136. The molecule has 0 saturated carbocycles. The molecule has 34 heavy (non-hydrogen) atoms. The molecule has 1 N–H and O–H groups in total. The lowest BCUT2D eigenvalue weighted by atomic mass is 9.86. The molecule has 1 aliphatic heterocycles. The van der Waals surface area contributed by atoms with Crippen molar-refractivity contribution < 1.29 is 18.7 Å². The van der Waals surface area contributed by atoms with Gasteiger partial charge < -0.3 is 15.0 Å². The normalized spacial score (nSPS) is 13.6. The molecule has 2 amide bonds. The summed E-state index contributed by atoms with van der Waals surface area (Å²) < 4.78 is 19.7. The highest BCUT2D eigenvalue weighted by Crippen LogP contribution is 2.37. The lowest BCUT2D eigenvalue weighted by Crippen LogP contribution is -2.39. The van der Waals surface area contributed by atoms with E-state index in [0.29, 0.717) is 35.7 Å². The summed E-state index contributed by atoms with van der Waals surface area (Å²) in [7, 11) is 0. The van der Waals surface area contributed by atoms with Gasteiger partial charge in [0, 0.05) is 35.1 Å². The standard InChI is InChI=1S/C26H30FN3O4/c1-16(2)14-30-15-19-10-9-18(24(31)29-33)12-21(19)23(17-7-6-8-20(27)11-17)22(30)13-28-25(32)34-26(3,4)5/h6-12,16H,13-15H2,1-5H3,(H,28,32). The number of nitrogens with one attached hydrogen (secondary N) is 1. The van der Waals surface area contributed by atoms with Crippen LogP contribution in [-0.4, -0.2) is 35.6 Å². The Balaban J connectivity index is 2.18. The Kier molecular flexibility index (Phi) is 7.49. The van der Waals surface area contributed by atoms with Crippen molar-refractivity contribution in [3.05, 3.63) is 81.1 Å². The predicted molar refractivity (Wildman–Crippen MR) is 128 cm³/mol. The van der Waals surface area contributed by atoms with E-state index in [2.05, 4.69) is 29.2 Å². The molecule has 0 fully saturated rings. The molecule has 8 heteroatoms. The van der Waals surface area contributed by atoms with Gasteiger partial charge >= 0.3 is 12.0 Å². The van der Waals surface area contributed by atoms with Crippen molar-refractivity contribution in [2.24, 2.45) is 11.1 Å². The fraction of sp³-hybridized carbons (Fsp3) is 0.385. The zero-order valence-corrected chi connectivity index (χ0v) is 20.1. The number of nitrogens with zero attached hydrogens (tertiary/aromatic N) is 2. The van der Waals surface area contributed by atoms with Gasteiger partial charge in [-0.25, -0.2) is 9.18 Å². The lowest BCUT2D eigenvalue weighted by molar-refractivity contribution is 0.0528. The fourth-order valence-electron chi connectivity index (χ4n) is 4.00. The fourth-order valence-corrected chi connectivity index (χ4v) is 4.00. The average molecular weight is 468 g/mol. The first kappa shape index (κ1) is 25.1. The first-order chi connectivity index (χ1) is 16.0. The van der Waals surface area contributed by atoms with Crippen LogP contribution < -0.4 is 5.32 Å². The number of alkyl carbamates (subject to hydrolysis) is 1. The molecule has 0 radical (unpaired) electrons. The number of halogens is 1. The van der Waals surface area contributed by atoms with Crippen LogP contribution in [0.25, 0.3) is 5.57 Å². The molecule has 0 aliphatic carbocycles. The van der Waals surface area contributed by atoms with E-state index in [4.69, 9.17) is 4.74 Å². The van der Waals surface area contributed by atoms with Gasteiger partial charge in [-0.1, -0.05) is 32.0 Å². The van der Waals surface area contributed by atoms with Crippen LogP contribution in [0.3, 0.4) is 0 Å². The van der Waals surface area contributed by atoms with Crippen LogP contribution in [0.5, 0.6) is 0 Å². The second-order valence-electron chi connectivity index (χ2n) is 9.73. The van der Waals surface area contributed by atoms with Gasteiger partial charge in [-0.05, 0) is 67.6 Å². The van der Waals surface area contributed by atoms with Gasteiger partial charge in [-0.3, -0.25) is 4.79 Å². The number of hydrogen-bond acceptors (Lipinski definition) is 5. The zero-order valence-electron chi connectivity index (χ0n) is 20.1. The van der Waals surface area contributed by atoms with Gasteiger partial charge in [-0.15, -0.1) is 4.91 Å². The molecule has 0 bridgehead atoms. The molecule has 0 unspecified atom stereocenters. The molecule has 1 heterocycles. The Morgan fingerprint density at radius 1 is 1.18 bits per heavy atom. The van der Waals surface area contributed by atoms with E-state index < -0.39 is 23.4 Å². The van der Waals surface area contributed by atoms with E-state index in [-0.39, 0.29) is 12.1 Å². The third-order valence-corrected chi connectivity index (χ3v) is 5.24. The number of carbonyl (C=O) groups is 2. The van der Waals surface area contributed by atoms with Crippen LogP contribution in [0.4, 0.5) is 9.18 Å². The van der Waals surface area contributed by atoms with E-state index in [9.17, 15) is 18.9 Å². The van der Waals surface area contributed by atoms with Crippen LogP contribution in [0.15, 0.2) is 53.3 Å². The van der Waals surface area contributed by atoms with Gasteiger partial charge in [0.25, 0.3) is 0 Å². The molecule has 0 aromatic heterocycles. The van der Waals surface area contributed by atoms with E-state index in [0.717, 1.165) is 11.3 Å². The molecular weight excluding hydrogens is 437 g/mol. The van der Waals surface area contributed by atoms with Crippen molar-refractivity contribution in [3.63, 3.8) is 0 Å². The lowest BCUT2D eigenvalue weighted by Gasteiger charge is -2.37. The molecule has 2 aromatic carbocycles. The summed E-state index contributed by atoms with van der Waals surface area (Å²) in [5.74, 6) is -0.972. The number of rotatable bonds is 6. The number of benzene rings is 2. The summed E-state index contributed by atoms with van der Waals surface area (Å²) in [6, 6.07) is 11.1. The molecule has 0 spiro atoms. The van der Waals surface area contributed by atoms with Crippen molar-refractivity contribution in [3.8, 4) is 0 Å². The Bertz CT molecular complexity index is 1140. The number of fused-ring (bicyclic) bond motifs is 1. The van der Waals surface area contributed by atoms with Crippen LogP contribution in [-0.2, 0) is 11.3 Å². The van der Waals surface area contributed by atoms with E-state index in [1.54, 1.807) is 51.1 Å². The SMILES string of the molecule is CC(C)CN1Cc2ccc(C(=O)N=O)cc2C(c2cccc(F)c2)=C1CNC(=O)OC(C)(C)C. The smallest absolute Gasteiger partial charge is 0.407 e. The number of amides is 2. The highest BCUT2D eigenvalue weighted by molar-refractivity contribution is 5.97. The van der Waals surface area contributed by atoms with Crippen LogP contribution >= 0.6 is 0 Å². The number of carbonyl (C=O) groups excluding carboxylic acids is 2. The number of hydrogen-bond donors (Lipinski definition) is 1. The number of ether oxygens (including phenoxy) is 1. The monoisotopic (exact) mass is 467 g/mol. The Morgan fingerprint density at radius 3 is 2.53 bits per heavy atom. The molecule has 1 aliphatic rings. The highest BCUT2D eigenvalue weighted by Gasteiger charge is 2.28. The Hall–Kier alpha value is -3.55. The van der Waals surface area contributed by atoms with Gasteiger partial charge in [0.15, 0.2) is 0 Å². The molecule has 3 rings (SSSR count). The molecule has 0 atom stereocenters. The van der Waals surface area contributed by atoms with Crippen LogP contribution in [0, 0.1) is 16.6 Å². The van der Waals surface area contributed by atoms with Crippen molar-refractivity contribution in [2.45, 2.75) is 46.8 Å². The topological polar surface area (TPSA) is 88.1 Å². The van der Waals surface area contributed by atoms with Crippen molar-refractivity contribution in [1.82, 2.24) is 10.2 Å². The molecule has 180 valence electrons. The maximum Gasteiger partial charge on any atom is 0.407 e.